The minimum atomic E-state index is 0.904. The van der Waals surface area contributed by atoms with E-state index < -0.39 is 0 Å². The first-order valence-corrected chi connectivity index (χ1v) is 7.90. The van der Waals surface area contributed by atoms with Crippen LogP contribution in [0.15, 0.2) is 36.5 Å². The smallest absolute Gasteiger partial charge is 0.133 e. The SMILES string of the molecule is CC1CCCC(CCNc2nccc3ccccc23)C1. The zero-order valence-electron chi connectivity index (χ0n) is 12.3. The van der Waals surface area contributed by atoms with Gasteiger partial charge in [-0.3, -0.25) is 0 Å². The summed E-state index contributed by atoms with van der Waals surface area (Å²) in [5.41, 5.74) is 0. The average molecular weight is 268 g/mol. The Kier molecular flexibility index (Phi) is 4.19. The second-order valence-corrected chi connectivity index (χ2v) is 6.23. The molecule has 1 aliphatic carbocycles. The summed E-state index contributed by atoms with van der Waals surface area (Å²) >= 11 is 0. The molecule has 1 heterocycles. The molecule has 0 bridgehead atoms. The van der Waals surface area contributed by atoms with E-state index in [0.717, 1.165) is 24.2 Å². The molecular formula is C18H24N2. The molecule has 3 rings (SSSR count). The molecule has 1 aromatic carbocycles. The minimum Gasteiger partial charge on any atom is -0.370 e. The van der Waals surface area contributed by atoms with Crippen molar-refractivity contribution in [3.8, 4) is 0 Å². The second-order valence-electron chi connectivity index (χ2n) is 6.23. The fourth-order valence-electron chi connectivity index (χ4n) is 3.48. The van der Waals surface area contributed by atoms with E-state index in [4.69, 9.17) is 0 Å². The van der Waals surface area contributed by atoms with Gasteiger partial charge in [-0.05, 0) is 36.1 Å². The Morgan fingerprint density at radius 1 is 1.20 bits per heavy atom. The summed E-state index contributed by atoms with van der Waals surface area (Å²) in [7, 11) is 0. The monoisotopic (exact) mass is 268 g/mol. The highest BCUT2D eigenvalue weighted by Crippen LogP contribution is 2.30. The molecule has 2 heteroatoms. The predicted octanol–water partition coefficient (Wildman–Crippen LogP) is 4.86. The van der Waals surface area contributed by atoms with Gasteiger partial charge in [0.25, 0.3) is 0 Å². The predicted molar refractivity (Wildman–Crippen MR) is 86.0 cm³/mol. The molecule has 2 atom stereocenters. The minimum absolute atomic E-state index is 0.904. The van der Waals surface area contributed by atoms with E-state index in [2.05, 4.69) is 47.6 Å². The number of anilines is 1. The van der Waals surface area contributed by atoms with Crippen LogP contribution < -0.4 is 5.32 Å². The van der Waals surface area contributed by atoms with Crippen molar-refractivity contribution in [1.29, 1.82) is 0 Å². The van der Waals surface area contributed by atoms with Gasteiger partial charge in [-0.2, -0.15) is 0 Å². The van der Waals surface area contributed by atoms with Gasteiger partial charge in [0, 0.05) is 18.1 Å². The normalized spacial score (nSPS) is 22.9. The van der Waals surface area contributed by atoms with Crippen molar-refractivity contribution < 1.29 is 0 Å². The van der Waals surface area contributed by atoms with Crippen LogP contribution in [-0.2, 0) is 0 Å². The lowest BCUT2D eigenvalue weighted by atomic mass is 9.81. The molecule has 1 aliphatic rings. The van der Waals surface area contributed by atoms with Crippen LogP contribution in [-0.4, -0.2) is 11.5 Å². The molecule has 1 saturated carbocycles. The largest absolute Gasteiger partial charge is 0.370 e. The number of pyridine rings is 1. The first-order chi connectivity index (χ1) is 9.83. The maximum absolute atomic E-state index is 4.49. The van der Waals surface area contributed by atoms with Crippen LogP contribution in [0.2, 0.25) is 0 Å². The van der Waals surface area contributed by atoms with E-state index in [1.165, 1.54) is 42.9 Å². The van der Waals surface area contributed by atoms with Crippen LogP contribution in [0.3, 0.4) is 0 Å². The molecule has 2 unspecified atom stereocenters. The first-order valence-electron chi connectivity index (χ1n) is 7.90. The molecule has 106 valence electrons. The lowest BCUT2D eigenvalue weighted by Crippen LogP contribution is -2.16. The third-order valence-electron chi connectivity index (χ3n) is 4.56. The van der Waals surface area contributed by atoms with Crippen molar-refractivity contribution in [2.24, 2.45) is 11.8 Å². The fraction of sp³-hybridized carbons (Fsp3) is 0.500. The summed E-state index contributed by atoms with van der Waals surface area (Å²) in [6, 6.07) is 10.5. The summed E-state index contributed by atoms with van der Waals surface area (Å²) in [6.07, 6.45) is 8.83. The zero-order chi connectivity index (χ0) is 13.8. The molecule has 2 aromatic rings. The molecule has 0 radical (unpaired) electrons. The highest BCUT2D eigenvalue weighted by Gasteiger charge is 2.18. The van der Waals surface area contributed by atoms with Gasteiger partial charge in [-0.25, -0.2) is 4.98 Å². The summed E-state index contributed by atoms with van der Waals surface area (Å²) in [6.45, 7) is 3.43. The number of fused-ring (bicyclic) bond motifs is 1. The van der Waals surface area contributed by atoms with E-state index in [-0.39, 0.29) is 0 Å². The van der Waals surface area contributed by atoms with E-state index in [0.29, 0.717) is 0 Å². The molecule has 1 fully saturated rings. The summed E-state index contributed by atoms with van der Waals surface area (Å²) < 4.78 is 0. The van der Waals surface area contributed by atoms with Crippen molar-refractivity contribution in [2.45, 2.75) is 39.0 Å². The first kappa shape index (κ1) is 13.4. The summed E-state index contributed by atoms with van der Waals surface area (Å²) in [5, 5.41) is 6.03. The van der Waals surface area contributed by atoms with Gasteiger partial charge >= 0.3 is 0 Å². The van der Waals surface area contributed by atoms with Gasteiger partial charge in [-0.1, -0.05) is 50.5 Å². The summed E-state index contributed by atoms with van der Waals surface area (Å²) in [4.78, 5) is 4.49. The van der Waals surface area contributed by atoms with Crippen molar-refractivity contribution >= 4 is 16.6 Å². The molecule has 2 nitrogen and oxygen atoms in total. The van der Waals surface area contributed by atoms with Crippen molar-refractivity contribution in [2.75, 3.05) is 11.9 Å². The van der Waals surface area contributed by atoms with Crippen molar-refractivity contribution in [3.63, 3.8) is 0 Å². The lowest BCUT2D eigenvalue weighted by molar-refractivity contribution is 0.274. The Morgan fingerprint density at radius 2 is 2.10 bits per heavy atom. The highest BCUT2D eigenvalue weighted by atomic mass is 15.0. The standard InChI is InChI=1S/C18H24N2/c1-14-5-4-6-15(13-14)9-11-19-18-17-8-3-2-7-16(17)10-12-20-18/h2-3,7-8,10,12,14-15H,4-6,9,11,13H2,1H3,(H,19,20). The highest BCUT2D eigenvalue weighted by molar-refractivity contribution is 5.91. The topological polar surface area (TPSA) is 24.9 Å². The van der Waals surface area contributed by atoms with E-state index in [1.54, 1.807) is 0 Å². The van der Waals surface area contributed by atoms with E-state index in [1.807, 2.05) is 6.20 Å². The van der Waals surface area contributed by atoms with Crippen molar-refractivity contribution in [1.82, 2.24) is 4.98 Å². The van der Waals surface area contributed by atoms with Crippen LogP contribution >= 0.6 is 0 Å². The van der Waals surface area contributed by atoms with Crippen LogP contribution in [0.5, 0.6) is 0 Å². The van der Waals surface area contributed by atoms with Gasteiger partial charge in [0.2, 0.25) is 0 Å². The number of hydrogen-bond donors (Lipinski definition) is 1. The zero-order valence-corrected chi connectivity index (χ0v) is 12.3. The number of rotatable bonds is 4. The Labute approximate surface area is 121 Å². The molecule has 0 spiro atoms. The maximum Gasteiger partial charge on any atom is 0.133 e. The average Bonchev–Trinajstić information content (AvgIpc) is 2.48. The van der Waals surface area contributed by atoms with E-state index in [9.17, 15) is 0 Å². The van der Waals surface area contributed by atoms with E-state index >= 15 is 0 Å². The Morgan fingerprint density at radius 3 is 3.00 bits per heavy atom. The number of nitrogens with one attached hydrogen (secondary N) is 1. The molecule has 0 aliphatic heterocycles. The second kappa shape index (κ2) is 6.25. The van der Waals surface area contributed by atoms with Crippen LogP contribution in [0.4, 0.5) is 5.82 Å². The third-order valence-corrected chi connectivity index (χ3v) is 4.56. The number of aromatic nitrogens is 1. The molecular weight excluding hydrogens is 244 g/mol. The molecule has 0 amide bonds. The molecule has 20 heavy (non-hydrogen) atoms. The van der Waals surface area contributed by atoms with Crippen LogP contribution in [0.1, 0.15) is 39.0 Å². The Bertz CT molecular complexity index is 559. The van der Waals surface area contributed by atoms with Gasteiger partial charge in [0.05, 0.1) is 0 Å². The van der Waals surface area contributed by atoms with Gasteiger partial charge in [0.1, 0.15) is 5.82 Å². The summed E-state index contributed by atoms with van der Waals surface area (Å²) in [5.74, 6) is 2.86. The molecule has 0 saturated heterocycles. The quantitative estimate of drug-likeness (QED) is 0.856. The van der Waals surface area contributed by atoms with Gasteiger partial charge in [0.15, 0.2) is 0 Å². The van der Waals surface area contributed by atoms with Gasteiger partial charge < -0.3 is 5.32 Å². The number of nitrogens with zero attached hydrogens (tertiary/aromatic N) is 1. The third kappa shape index (κ3) is 3.12. The Balaban J connectivity index is 1.60. The van der Waals surface area contributed by atoms with Crippen LogP contribution in [0.25, 0.3) is 10.8 Å². The molecule has 1 N–H and O–H groups in total. The Hall–Kier alpha value is -1.57. The maximum atomic E-state index is 4.49. The van der Waals surface area contributed by atoms with Crippen LogP contribution in [0, 0.1) is 11.8 Å². The molecule has 1 aromatic heterocycles. The van der Waals surface area contributed by atoms with Crippen molar-refractivity contribution in [3.05, 3.63) is 36.5 Å². The fourth-order valence-corrected chi connectivity index (χ4v) is 3.48. The van der Waals surface area contributed by atoms with Gasteiger partial charge in [-0.15, -0.1) is 0 Å². The number of benzene rings is 1. The lowest BCUT2D eigenvalue weighted by Gasteiger charge is -2.26. The number of hydrogen-bond acceptors (Lipinski definition) is 2.